The Labute approximate surface area is 121 Å². The van der Waals surface area contributed by atoms with Gasteiger partial charge in [0.15, 0.2) is 0 Å². The van der Waals surface area contributed by atoms with Crippen molar-refractivity contribution in [2.45, 2.75) is 20.3 Å². The van der Waals surface area contributed by atoms with Gasteiger partial charge in [-0.1, -0.05) is 44.2 Å². The summed E-state index contributed by atoms with van der Waals surface area (Å²) in [6.07, 6.45) is 0.681. The van der Waals surface area contributed by atoms with Gasteiger partial charge in [0.2, 0.25) is 10.0 Å². The summed E-state index contributed by atoms with van der Waals surface area (Å²) in [6, 6.07) is 13.7. The average molecular weight is 291 g/mol. The van der Waals surface area contributed by atoms with E-state index in [-0.39, 0.29) is 5.75 Å². The highest BCUT2D eigenvalue weighted by molar-refractivity contribution is 7.92. The third-order valence-corrected chi connectivity index (χ3v) is 5.26. The van der Waals surface area contributed by atoms with Crippen molar-refractivity contribution in [1.29, 1.82) is 0 Å². The number of anilines is 1. The summed E-state index contributed by atoms with van der Waals surface area (Å²) in [6.45, 7) is 4.07. The molecule has 0 bridgehead atoms. The average Bonchev–Trinajstić information content (AvgIpc) is 2.44. The number of fused-ring (bicyclic) bond motifs is 1. The fourth-order valence-corrected chi connectivity index (χ4v) is 3.53. The van der Waals surface area contributed by atoms with Gasteiger partial charge in [0, 0.05) is 7.05 Å². The van der Waals surface area contributed by atoms with E-state index in [0.717, 1.165) is 10.8 Å². The number of sulfonamides is 1. The Morgan fingerprint density at radius 2 is 1.70 bits per heavy atom. The van der Waals surface area contributed by atoms with Crippen LogP contribution in [0.2, 0.25) is 0 Å². The molecule has 0 aromatic heterocycles. The van der Waals surface area contributed by atoms with Gasteiger partial charge >= 0.3 is 0 Å². The van der Waals surface area contributed by atoms with Gasteiger partial charge in [0.1, 0.15) is 0 Å². The molecule has 0 atom stereocenters. The quantitative estimate of drug-likeness (QED) is 0.843. The van der Waals surface area contributed by atoms with Crippen LogP contribution in [0.25, 0.3) is 10.8 Å². The summed E-state index contributed by atoms with van der Waals surface area (Å²) in [5, 5.41) is 2.17. The molecule has 108 valence electrons. The van der Waals surface area contributed by atoms with Crippen LogP contribution < -0.4 is 4.31 Å². The lowest BCUT2D eigenvalue weighted by atomic mass is 10.1. The molecule has 0 aliphatic rings. The third-order valence-electron chi connectivity index (χ3n) is 3.47. The summed E-state index contributed by atoms with van der Waals surface area (Å²) >= 11 is 0. The van der Waals surface area contributed by atoms with Crippen molar-refractivity contribution < 1.29 is 8.42 Å². The van der Waals surface area contributed by atoms with Crippen LogP contribution in [-0.4, -0.2) is 21.2 Å². The van der Waals surface area contributed by atoms with Gasteiger partial charge in [0.05, 0.1) is 11.4 Å². The zero-order valence-electron chi connectivity index (χ0n) is 12.2. The second-order valence-electron chi connectivity index (χ2n) is 5.50. The molecule has 20 heavy (non-hydrogen) atoms. The fourth-order valence-electron chi connectivity index (χ4n) is 2.05. The van der Waals surface area contributed by atoms with Crippen molar-refractivity contribution in [2.24, 2.45) is 5.92 Å². The molecule has 2 rings (SSSR count). The lowest BCUT2D eigenvalue weighted by Gasteiger charge is -2.20. The molecule has 0 fully saturated rings. The molecule has 0 aliphatic carbocycles. The van der Waals surface area contributed by atoms with Crippen molar-refractivity contribution in [3.8, 4) is 0 Å². The van der Waals surface area contributed by atoms with Crippen LogP contribution in [0.15, 0.2) is 42.5 Å². The molecule has 0 saturated carbocycles. The van der Waals surface area contributed by atoms with Crippen molar-refractivity contribution in [1.82, 2.24) is 0 Å². The predicted octanol–water partition coefficient (Wildman–Crippen LogP) is 3.65. The first-order valence-electron chi connectivity index (χ1n) is 6.85. The Hall–Kier alpha value is -1.55. The maximum absolute atomic E-state index is 12.3. The zero-order chi connectivity index (χ0) is 14.8. The lowest BCUT2D eigenvalue weighted by molar-refractivity contribution is 0.572. The van der Waals surface area contributed by atoms with E-state index in [1.165, 1.54) is 4.31 Å². The van der Waals surface area contributed by atoms with Gasteiger partial charge in [-0.05, 0) is 35.2 Å². The van der Waals surface area contributed by atoms with E-state index in [0.29, 0.717) is 18.0 Å². The SMILES string of the molecule is CC(C)CCS(=O)(=O)N(C)c1ccc2ccccc2c1. The van der Waals surface area contributed by atoms with E-state index in [1.54, 1.807) is 7.05 Å². The van der Waals surface area contributed by atoms with Crippen LogP contribution in [0.1, 0.15) is 20.3 Å². The van der Waals surface area contributed by atoms with E-state index in [1.807, 2.05) is 56.3 Å². The fraction of sp³-hybridized carbons (Fsp3) is 0.375. The summed E-state index contributed by atoms with van der Waals surface area (Å²) in [5.74, 6) is 0.573. The molecule has 0 N–H and O–H groups in total. The molecule has 4 heteroatoms. The van der Waals surface area contributed by atoms with Crippen LogP contribution in [0.3, 0.4) is 0 Å². The summed E-state index contributed by atoms with van der Waals surface area (Å²) < 4.78 is 26.0. The standard InChI is InChI=1S/C16H21NO2S/c1-13(2)10-11-20(18,19)17(3)16-9-8-14-6-4-5-7-15(14)12-16/h4-9,12-13H,10-11H2,1-3H3. The maximum Gasteiger partial charge on any atom is 0.234 e. The summed E-state index contributed by atoms with van der Waals surface area (Å²) in [5.41, 5.74) is 0.715. The second-order valence-corrected chi connectivity index (χ2v) is 7.62. The Morgan fingerprint density at radius 3 is 2.35 bits per heavy atom. The molecular formula is C16H21NO2S. The van der Waals surface area contributed by atoms with Gasteiger partial charge in [-0.15, -0.1) is 0 Å². The van der Waals surface area contributed by atoms with Crippen LogP contribution in [0.5, 0.6) is 0 Å². The molecule has 3 nitrogen and oxygen atoms in total. The Kier molecular flexibility index (Phi) is 4.33. The minimum atomic E-state index is -3.24. The Balaban J connectivity index is 2.28. The molecule has 2 aromatic carbocycles. The van der Waals surface area contributed by atoms with Crippen LogP contribution >= 0.6 is 0 Å². The third kappa shape index (κ3) is 3.31. The molecule has 0 aliphatic heterocycles. The minimum Gasteiger partial charge on any atom is -0.273 e. The van der Waals surface area contributed by atoms with Gasteiger partial charge in [-0.25, -0.2) is 8.42 Å². The van der Waals surface area contributed by atoms with Crippen molar-refractivity contribution in [3.05, 3.63) is 42.5 Å². The van der Waals surface area contributed by atoms with Crippen LogP contribution in [0.4, 0.5) is 5.69 Å². The Bertz CT molecular complexity index is 692. The maximum atomic E-state index is 12.3. The van der Waals surface area contributed by atoms with Crippen molar-refractivity contribution in [2.75, 3.05) is 17.1 Å². The predicted molar refractivity (Wildman–Crippen MR) is 85.6 cm³/mol. The van der Waals surface area contributed by atoms with Crippen LogP contribution in [-0.2, 0) is 10.0 Å². The van der Waals surface area contributed by atoms with Gasteiger partial charge in [-0.3, -0.25) is 4.31 Å². The normalized spacial score (nSPS) is 12.0. The molecule has 0 unspecified atom stereocenters. The van der Waals surface area contributed by atoms with Gasteiger partial charge in [-0.2, -0.15) is 0 Å². The minimum absolute atomic E-state index is 0.188. The molecule has 0 saturated heterocycles. The van der Waals surface area contributed by atoms with Crippen LogP contribution in [0, 0.1) is 5.92 Å². The first kappa shape index (κ1) is 14.9. The van der Waals surface area contributed by atoms with E-state index in [4.69, 9.17) is 0 Å². The number of hydrogen-bond acceptors (Lipinski definition) is 2. The largest absolute Gasteiger partial charge is 0.273 e. The van der Waals surface area contributed by atoms with Gasteiger partial charge < -0.3 is 0 Å². The number of hydrogen-bond donors (Lipinski definition) is 0. The summed E-state index contributed by atoms with van der Waals surface area (Å²) in [7, 11) is -1.62. The molecule has 0 radical (unpaired) electrons. The molecular weight excluding hydrogens is 270 g/mol. The van der Waals surface area contributed by atoms with E-state index in [2.05, 4.69) is 0 Å². The van der Waals surface area contributed by atoms with E-state index in [9.17, 15) is 8.42 Å². The highest BCUT2D eigenvalue weighted by Gasteiger charge is 2.18. The monoisotopic (exact) mass is 291 g/mol. The topological polar surface area (TPSA) is 37.4 Å². The second kappa shape index (κ2) is 5.83. The molecule has 0 amide bonds. The summed E-state index contributed by atoms with van der Waals surface area (Å²) in [4.78, 5) is 0. The molecule has 0 spiro atoms. The number of rotatable bonds is 5. The highest BCUT2D eigenvalue weighted by atomic mass is 32.2. The van der Waals surface area contributed by atoms with Crippen molar-refractivity contribution >= 4 is 26.5 Å². The zero-order valence-corrected chi connectivity index (χ0v) is 13.0. The van der Waals surface area contributed by atoms with E-state index >= 15 is 0 Å². The first-order valence-corrected chi connectivity index (χ1v) is 8.46. The number of nitrogens with zero attached hydrogens (tertiary/aromatic N) is 1. The lowest BCUT2D eigenvalue weighted by Crippen LogP contribution is -2.29. The molecule has 0 heterocycles. The molecule has 2 aromatic rings. The highest BCUT2D eigenvalue weighted by Crippen LogP contribution is 2.23. The first-order chi connectivity index (χ1) is 9.40. The van der Waals surface area contributed by atoms with E-state index < -0.39 is 10.0 Å². The Morgan fingerprint density at radius 1 is 1.05 bits per heavy atom. The van der Waals surface area contributed by atoms with Crippen molar-refractivity contribution in [3.63, 3.8) is 0 Å². The van der Waals surface area contributed by atoms with Gasteiger partial charge in [0.25, 0.3) is 0 Å². The smallest absolute Gasteiger partial charge is 0.234 e. The number of benzene rings is 2.